The molecule has 1 aliphatic carbocycles. The van der Waals surface area contributed by atoms with Crippen LogP contribution in [0.25, 0.3) is 0 Å². The predicted octanol–water partition coefficient (Wildman–Crippen LogP) is 2.41. The first-order valence-corrected chi connectivity index (χ1v) is 9.60. The van der Waals surface area contributed by atoms with Crippen molar-refractivity contribution in [2.45, 2.75) is 50.2 Å². The first kappa shape index (κ1) is 16.6. The number of nitrogens with one attached hydrogen (secondary N) is 1. The summed E-state index contributed by atoms with van der Waals surface area (Å²) in [5.41, 5.74) is 0.0495. The summed E-state index contributed by atoms with van der Waals surface area (Å²) in [6.45, 7) is 3.80. The van der Waals surface area contributed by atoms with Crippen molar-refractivity contribution in [3.05, 3.63) is 24.4 Å². The van der Waals surface area contributed by atoms with Gasteiger partial charge in [0, 0.05) is 32.4 Å². The molecule has 0 aromatic carbocycles. The van der Waals surface area contributed by atoms with E-state index in [0.29, 0.717) is 6.61 Å². The van der Waals surface area contributed by atoms with E-state index in [1.807, 2.05) is 29.3 Å². The normalized spacial score (nSPS) is 26.0. The molecular formula is C19H28N4O2. The van der Waals surface area contributed by atoms with Crippen molar-refractivity contribution in [3.63, 3.8) is 0 Å². The van der Waals surface area contributed by atoms with Crippen molar-refractivity contribution in [2.75, 3.05) is 37.7 Å². The minimum atomic E-state index is 0.0495. The third kappa shape index (κ3) is 3.73. The highest BCUT2D eigenvalue weighted by Gasteiger charge is 2.41. The summed E-state index contributed by atoms with van der Waals surface area (Å²) in [7, 11) is 0. The molecule has 1 N–H and O–H groups in total. The van der Waals surface area contributed by atoms with Gasteiger partial charge >= 0.3 is 6.03 Å². The fourth-order valence-corrected chi connectivity index (χ4v) is 4.43. The number of hydrogen-bond acceptors (Lipinski definition) is 4. The second-order valence-electron chi connectivity index (χ2n) is 7.57. The van der Waals surface area contributed by atoms with Crippen molar-refractivity contribution in [1.82, 2.24) is 15.2 Å². The first-order valence-electron chi connectivity index (χ1n) is 9.60. The smallest absolute Gasteiger partial charge is 0.317 e. The van der Waals surface area contributed by atoms with Gasteiger partial charge in [-0.2, -0.15) is 0 Å². The number of hydrogen-bond donors (Lipinski definition) is 1. The van der Waals surface area contributed by atoms with Gasteiger partial charge < -0.3 is 19.9 Å². The minimum absolute atomic E-state index is 0.0495. The van der Waals surface area contributed by atoms with Crippen LogP contribution in [0.2, 0.25) is 0 Å². The molecule has 2 saturated heterocycles. The molecule has 3 fully saturated rings. The summed E-state index contributed by atoms with van der Waals surface area (Å²) in [6.07, 6.45) is 8.95. The molecular weight excluding hydrogens is 316 g/mol. The van der Waals surface area contributed by atoms with E-state index in [0.717, 1.165) is 51.3 Å². The summed E-state index contributed by atoms with van der Waals surface area (Å²) in [5, 5.41) is 3.20. The van der Waals surface area contributed by atoms with E-state index < -0.39 is 0 Å². The van der Waals surface area contributed by atoms with Gasteiger partial charge in [-0.05, 0) is 31.4 Å². The number of nitrogens with zero attached hydrogens (tertiary/aromatic N) is 3. The topological polar surface area (TPSA) is 57.7 Å². The molecule has 1 aromatic heterocycles. The molecule has 3 aliphatic rings. The van der Waals surface area contributed by atoms with Crippen LogP contribution in [0.4, 0.5) is 10.6 Å². The lowest BCUT2D eigenvalue weighted by molar-refractivity contribution is -0.0246. The molecule has 25 heavy (non-hydrogen) atoms. The zero-order valence-corrected chi connectivity index (χ0v) is 14.8. The number of carbonyl (C=O) groups excluding carboxylic acids is 1. The van der Waals surface area contributed by atoms with Gasteiger partial charge in [0.1, 0.15) is 5.82 Å². The van der Waals surface area contributed by atoms with E-state index in [1.165, 1.54) is 19.3 Å². The zero-order valence-electron chi connectivity index (χ0n) is 14.8. The molecule has 1 saturated carbocycles. The fourth-order valence-electron chi connectivity index (χ4n) is 4.43. The quantitative estimate of drug-likeness (QED) is 0.895. The number of rotatable bonds is 2. The summed E-state index contributed by atoms with van der Waals surface area (Å²) in [5.74, 6) is 0.992. The van der Waals surface area contributed by atoms with Gasteiger partial charge in [-0.15, -0.1) is 0 Å². The third-order valence-electron chi connectivity index (χ3n) is 5.84. The van der Waals surface area contributed by atoms with Gasteiger partial charge in [0.15, 0.2) is 0 Å². The summed E-state index contributed by atoms with van der Waals surface area (Å²) in [4.78, 5) is 21.1. The lowest BCUT2D eigenvalue weighted by atomic mass is 9.82. The van der Waals surface area contributed by atoms with Crippen LogP contribution in [0.1, 0.15) is 38.5 Å². The van der Waals surface area contributed by atoms with Crippen LogP contribution >= 0.6 is 0 Å². The minimum Gasteiger partial charge on any atom is -0.373 e. The van der Waals surface area contributed by atoms with Crippen LogP contribution in [-0.2, 0) is 4.74 Å². The van der Waals surface area contributed by atoms with Crippen LogP contribution in [0.3, 0.4) is 0 Å². The van der Waals surface area contributed by atoms with E-state index >= 15 is 0 Å². The SMILES string of the molecule is O=C(N[C@@H]1COC2(CCCCC2)C1)N1CCN(c2ccccn2)CC1. The van der Waals surface area contributed by atoms with Crippen LogP contribution in [-0.4, -0.2) is 60.3 Å². The van der Waals surface area contributed by atoms with Crippen molar-refractivity contribution in [1.29, 1.82) is 0 Å². The van der Waals surface area contributed by atoms with Crippen LogP contribution in [0.15, 0.2) is 24.4 Å². The molecule has 1 aromatic rings. The molecule has 136 valence electrons. The standard InChI is InChI=1S/C19H28N4O2/c24-18(21-16-14-19(25-15-16)7-3-1-4-8-19)23-12-10-22(11-13-23)17-6-2-5-9-20-17/h2,5-6,9,16H,1,3-4,7-8,10-15H2,(H,21,24)/t16-/m0/s1. The number of pyridine rings is 1. The number of piperazine rings is 1. The number of urea groups is 1. The molecule has 0 radical (unpaired) electrons. The largest absolute Gasteiger partial charge is 0.373 e. The Hall–Kier alpha value is -1.82. The molecule has 2 amide bonds. The van der Waals surface area contributed by atoms with Gasteiger partial charge in [-0.25, -0.2) is 9.78 Å². The highest BCUT2D eigenvalue weighted by Crippen LogP contribution is 2.39. The number of ether oxygens (including phenoxy) is 1. The molecule has 3 heterocycles. The van der Waals surface area contributed by atoms with Gasteiger partial charge in [-0.1, -0.05) is 25.3 Å². The number of anilines is 1. The van der Waals surface area contributed by atoms with Gasteiger partial charge in [0.05, 0.1) is 18.2 Å². The van der Waals surface area contributed by atoms with E-state index in [4.69, 9.17) is 4.74 Å². The number of amides is 2. The van der Waals surface area contributed by atoms with Crippen LogP contribution in [0.5, 0.6) is 0 Å². The van der Waals surface area contributed by atoms with Crippen molar-refractivity contribution in [3.8, 4) is 0 Å². The van der Waals surface area contributed by atoms with Crippen molar-refractivity contribution < 1.29 is 9.53 Å². The summed E-state index contributed by atoms with van der Waals surface area (Å²) < 4.78 is 6.11. The summed E-state index contributed by atoms with van der Waals surface area (Å²) in [6, 6.07) is 6.18. The zero-order chi connectivity index (χ0) is 17.1. The predicted molar refractivity (Wildman–Crippen MR) is 96.7 cm³/mol. The van der Waals surface area contributed by atoms with Gasteiger partial charge in [-0.3, -0.25) is 0 Å². The highest BCUT2D eigenvalue weighted by molar-refractivity contribution is 5.75. The summed E-state index contributed by atoms with van der Waals surface area (Å²) >= 11 is 0. The lowest BCUT2D eigenvalue weighted by Gasteiger charge is -2.36. The molecule has 6 nitrogen and oxygen atoms in total. The highest BCUT2D eigenvalue weighted by atomic mass is 16.5. The second-order valence-corrected chi connectivity index (χ2v) is 7.57. The van der Waals surface area contributed by atoms with E-state index in [1.54, 1.807) is 0 Å². The average molecular weight is 344 g/mol. The maximum atomic E-state index is 12.6. The van der Waals surface area contributed by atoms with Crippen LogP contribution in [0, 0.1) is 0 Å². The Balaban J connectivity index is 1.26. The molecule has 6 heteroatoms. The Morgan fingerprint density at radius 3 is 2.68 bits per heavy atom. The Morgan fingerprint density at radius 2 is 1.96 bits per heavy atom. The Bertz CT molecular complexity index is 580. The molecule has 0 bridgehead atoms. The van der Waals surface area contributed by atoms with E-state index in [-0.39, 0.29) is 17.7 Å². The Kier molecular flexibility index (Phi) is 4.79. The van der Waals surface area contributed by atoms with Crippen molar-refractivity contribution >= 4 is 11.8 Å². The second kappa shape index (κ2) is 7.20. The molecule has 1 atom stereocenters. The number of aromatic nitrogens is 1. The maximum Gasteiger partial charge on any atom is 0.317 e. The monoisotopic (exact) mass is 344 g/mol. The van der Waals surface area contributed by atoms with E-state index in [2.05, 4.69) is 15.2 Å². The molecule has 4 rings (SSSR count). The average Bonchev–Trinajstić information content (AvgIpc) is 3.05. The fraction of sp³-hybridized carbons (Fsp3) is 0.684. The van der Waals surface area contributed by atoms with Crippen molar-refractivity contribution in [2.24, 2.45) is 0 Å². The molecule has 2 aliphatic heterocycles. The maximum absolute atomic E-state index is 12.6. The molecule has 0 unspecified atom stereocenters. The molecule has 1 spiro atoms. The third-order valence-corrected chi connectivity index (χ3v) is 5.84. The van der Waals surface area contributed by atoms with Gasteiger partial charge in [0.25, 0.3) is 0 Å². The lowest BCUT2D eigenvalue weighted by Crippen LogP contribution is -2.54. The van der Waals surface area contributed by atoms with E-state index in [9.17, 15) is 4.79 Å². The Morgan fingerprint density at radius 1 is 1.16 bits per heavy atom. The first-order chi connectivity index (χ1) is 12.2. The van der Waals surface area contributed by atoms with Crippen LogP contribution < -0.4 is 10.2 Å². The van der Waals surface area contributed by atoms with Gasteiger partial charge in [0.2, 0.25) is 0 Å². The number of carbonyl (C=O) groups is 1. The Labute approximate surface area is 149 Å².